The highest BCUT2D eigenvalue weighted by Gasteiger charge is 2.20. The summed E-state index contributed by atoms with van der Waals surface area (Å²) in [4.78, 5) is 16.8. The van der Waals surface area contributed by atoms with Crippen LogP contribution in [-0.4, -0.2) is 28.5 Å². The van der Waals surface area contributed by atoms with Crippen molar-refractivity contribution in [2.24, 2.45) is 7.05 Å². The molecule has 0 aliphatic rings. The van der Waals surface area contributed by atoms with Crippen LogP contribution in [0.2, 0.25) is 0 Å². The first-order chi connectivity index (χ1) is 16.4. The lowest BCUT2D eigenvalue weighted by molar-refractivity contribution is 0.596. The van der Waals surface area contributed by atoms with E-state index in [1.807, 2.05) is 43.5 Å². The highest BCUT2D eigenvalue weighted by Crippen LogP contribution is 2.34. The monoisotopic (exact) mass is 513 g/mol. The number of rotatable bonds is 9. The molecular weight excluding hydrogens is 478 g/mol. The first-order valence-electron chi connectivity index (χ1n) is 11.7. The largest absolute Gasteiger partial charge is 0.318 e. The second-order valence-electron chi connectivity index (χ2n) is 9.85. The average molecular weight is 514 g/mol. The van der Waals surface area contributed by atoms with E-state index in [9.17, 15) is 13.2 Å². The highest BCUT2D eigenvalue weighted by molar-refractivity contribution is 7.98. The standard InChI is InChI=1S/C27H35N3O3S2/c1-7-35(32,33)18-21-8-9-22(14-20-10-12-28-13-11-20)24(15-21)25-17-30(6)26(31)16-23(25)19(2)29-34-27(3,4)5/h8-13,15-17,19,29H,7,14,18H2,1-6H3/t19-/m0/s1. The molecule has 1 atom stereocenters. The van der Waals surface area contributed by atoms with Crippen LogP contribution in [0.5, 0.6) is 0 Å². The van der Waals surface area contributed by atoms with Gasteiger partial charge in [-0.2, -0.15) is 0 Å². The van der Waals surface area contributed by atoms with Crippen LogP contribution in [0, 0.1) is 0 Å². The Hall–Kier alpha value is -2.42. The summed E-state index contributed by atoms with van der Waals surface area (Å²) in [5, 5.41) is 0. The van der Waals surface area contributed by atoms with E-state index in [1.54, 1.807) is 48.9 Å². The number of nitrogens with zero attached hydrogens (tertiary/aromatic N) is 2. The predicted molar refractivity (Wildman–Crippen MR) is 146 cm³/mol. The second-order valence-corrected chi connectivity index (χ2v) is 13.9. The molecule has 0 aliphatic carbocycles. The Morgan fingerprint density at radius 1 is 1.06 bits per heavy atom. The maximum absolute atomic E-state index is 12.6. The summed E-state index contributed by atoms with van der Waals surface area (Å²) in [6, 6.07) is 11.4. The van der Waals surface area contributed by atoms with Gasteiger partial charge in [-0.1, -0.05) is 31.0 Å². The van der Waals surface area contributed by atoms with Crippen molar-refractivity contribution < 1.29 is 8.42 Å². The summed E-state index contributed by atoms with van der Waals surface area (Å²) in [6.07, 6.45) is 6.07. The van der Waals surface area contributed by atoms with E-state index in [0.29, 0.717) is 6.42 Å². The third-order valence-electron chi connectivity index (χ3n) is 5.70. The van der Waals surface area contributed by atoms with E-state index in [2.05, 4.69) is 30.5 Å². The second kappa shape index (κ2) is 11.1. The molecule has 0 bridgehead atoms. The van der Waals surface area contributed by atoms with E-state index in [-0.39, 0.29) is 27.9 Å². The Bertz CT molecular complexity index is 1330. The van der Waals surface area contributed by atoms with Gasteiger partial charge in [0.1, 0.15) is 0 Å². The molecule has 2 aromatic heterocycles. The Morgan fingerprint density at radius 3 is 2.37 bits per heavy atom. The fourth-order valence-corrected chi connectivity index (χ4v) is 5.30. The lowest BCUT2D eigenvalue weighted by Gasteiger charge is -2.24. The van der Waals surface area contributed by atoms with Crippen molar-refractivity contribution in [3.8, 4) is 11.1 Å². The zero-order valence-electron chi connectivity index (χ0n) is 21.3. The average Bonchev–Trinajstić information content (AvgIpc) is 2.80. The van der Waals surface area contributed by atoms with Gasteiger partial charge in [-0.05, 0) is 80.1 Å². The summed E-state index contributed by atoms with van der Waals surface area (Å²) in [7, 11) is -1.45. The highest BCUT2D eigenvalue weighted by atomic mass is 32.2. The van der Waals surface area contributed by atoms with Crippen molar-refractivity contribution in [2.75, 3.05) is 5.75 Å². The molecule has 0 saturated heterocycles. The van der Waals surface area contributed by atoms with Crippen LogP contribution in [0.3, 0.4) is 0 Å². The van der Waals surface area contributed by atoms with E-state index in [1.165, 1.54) is 0 Å². The van der Waals surface area contributed by atoms with Gasteiger partial charge in [-0.15, -0.1) is 0 Å². The van der Waals surface area contributed by atoms with Crippen molar-refractivity contribution >= 4 is 21.8 Å². The number of aromatic nitrogens is 2. The lowest BCUT2D eigenvalue weighted by Crippen LogP contribution is -2.23. The van der Waals surface area contributed by atoms with Crippen molar-refractivity contribution in [3.63, 3.8) is 0 Å². The van der Waals surface area contributed by atoms with E-state index < -0.39 is 9.84 Å². The minimum atomic E-state index is -3.19. The van der Waals surface area contributed by atoms with Crippen LogP contribution in [0.1, 0.15) is 62.9 Å². The zero-order valence-corrected chi connectivity index (χ0v) is 23.0. The Balaban J connectivity index is 2.17. The van der Waals surface area contributed by atoms with E-state index in [0.717, 1.165) is 33.4 Å². The quantitative estimate of drug-likeness (QED) is 0.402. The normalized spacial score (nSPS) is 13.1. The lowest BCUT2D eigenvalue weighted by atomic mass is 9.90. The number of nitrogens with one attached hydrogen (secondary N) is 1. The van der Waals surface area contributed by atoms with Crippen LogP contribution in [0.4, 0.5) is 0 Å². The number of aryl methyl sites for hydroxylation is 1. The van der Waals surface area contributed by atoms with Crippen LogP contribution in [-0.2, 0) is 29.1 Å². The third kappa shape index (κ3) is 7.53. The molecule has 2 heterocycles. The van der Waals surface area contributed by atoms with Gasteiger partial charge in [0.05, 0.1) is 5.75 Å². The first kappa shape index (κ1) is 27.2. The molecule has 0 radical (unpaired) electrons. The predicted octanol–water partition coefficient (Wildman–Crippen LogP) is 5.07. The molecule has 3 aromatic rings. The third-order valence-corrected chi connectivity index (χ3v) is 8.44. The van der Waals surface area contributed by atoms with Crippen LogP contribution >= 0.6 is 11.9 Å². The van der Waals surface area contributed by atoms with Crippen molar-refractivity contribution in [1.29, 1.82) is 0 Å². The van der Waals surface area contributed by atoms with Crippen molar-refractivity contribution in [3.05, 3.63) is 87.6 Å². The van der Waals surface area contributed by atoms with Gasteiger partial charge >= 0.3 is 0 Å². The summed E-state index contributed by atoms with van der Waals surface area (Å²) in [6.45, 7) is 10.1. The number of sulfone groups is 1. The fourth-order valence-electron chi connectivity index (χ4n) is 3.75. The van der Waals surface area contributed by atoms with Gasteiger partial charge in [0.25, 0.3) is 5.56 Å². The molecule has 0 spiro atoms. The van der Waals surface area contributed by atoms with E-state index >= 15 is 0 Å². The molecule has 6 nitrogen and oxygen atoms in total. The zero-order chi connectivity index (χ0) is 25.8. The molecule has 1 aromatic carbocycles. The maximum Gasteiger partial charge on any atom is 0.250 e. The molecule has 1 N–H and O–H groups in total. The Labute approximate surface area is 213 Å². The molecule has 0 aliphatic heterocycles. The first-order valence-corrected chi connectivity index (χ1v) is 14.4. The van der Waals surface area contributed by atoms with Gasteiger partial charge in [0.15, 0.2) is 9.84 Å². The summed E-state index contributed by atoms with van der Waals surface area (Å²) < 4.78 is 29.8. The SMILES string of the molecule is CCS(=O)(=O)Cc1ccc(Cc2ccncc2)c(-c2cn(C)c(=O)cc2[C@H](C)NSC(C)(C)C)c1. The molecule has 0 saturated carbocycles. The fraction of sp³-hybridized carbons (Fsp3) is 0.407. The molecule has 8 heteroatoms. The molecule has 0 amide bonds. The number of pyridine rings is 2. The van der Waals surface area contributed by atoms with Gasteiger partial charge in [-0.25, -0.2) is 8.42 Å². The number of hydrogen-bond donors (Lipinski definition) is 1. The molecular formula is C27H35N3O3S2. The number of benzene rings is 1. The summed E-state index contributed by atoms with van der Waals surface area (Å²) in [5.41, 5.74) is 5.56. The smallest absolute Gasteiger partial charge is 0.250 e. The summed E-state index contributed by atoms with van der Waals surface area (Å²) >= 11 is 1.63. The van der Waals surface area contributed by atoms with Crippen LogP contribution in [0.25, 0.3) is 11.1 Å². The van der Waals surface area contributed by atoms with E-state index in [4.69, 9.17) is 0 Å². The molecule has 0 unspecified atom stereocenters. The minimum Gasteiger partial charge on any atom is -0.318 e. The van der Waals surface area contributed by atoms with Gasteiger partial charge in [-0.3, -0.25) is 14.5 Å². The van der Waals surface area contributed by atoms with Crippen molar-refractivity contribution in [1.82, 2.24) is 14.3 Å². The van der Waals surface area contributed by atoms with Crippen LogP contribution in [0.15, 0.2) is 59.8 Å². The molecule has 0 fully saturated rings. The topological polar surface area (TPSA) is 81.1 Å². The van der Waals surface area contributed by atoms with Crippen molar-refractivity contribution in [2.45, 2.75) is 57.6 Å². The maximum atomic E-state index is 12.6. The van der Waals surface area contributed by atoms with Gasteiger partial charge < -0.3 is 4.57 Å². The van der Waals surface area contributed by atoms with Crippen LogP contribution < -0.4 is 10.3 Å². The molecule has 188 valence electrons. The van der Waals surface area contributed by atoms with Gasteiger partial charge in [0.2, 0.25) is 0 Å². The summed E-state index contributed by atoms with van der Waals surface area (Å²) in [5.74, 6) is 0.0813. The van der Waals surface area contributed by atoms with Gasteiger partial charge in [0, 0.05) is 53.8 Å². The Kier molecular flexibility index (Phi) is 8.62. The molecule has 35 heavy (non-hydrogen) atoms. The Morgan fingerprint density at radius 2 is 1.74 bits per heavy atom. The molecule has 3 rings (SSSR count). The number of hydrogen-bond acceptors (Lipinski definition) is 6. The minimum absolute atomic E-state index is 0.00903.